The lowest BCUT2D eigenvalue weighted by molar-refractivity contribution is 0.354. The van der Waals surface area contributed by atoms with Crippen molar-refractivity contribution in [3.63, 3.8) is 0 Å². The molecule has 0 radical (unpaired) electrons. The summed E-state index contributed by atoms with van der Waals surface area (Å²) in [6.07, 6.45) is 0. The fraction of sp³-hybridized carbons (Fsp3) is 0.294. The maximum Gasteiger partial charge on any atom is 0.161 e. The monoisotopic (exact) mass is 349 g/mol. The highest BCUT2D eigenvalue weighted by Gasteiger charge is 2.16. The number of hydrogen-bond donors (Lipinski definition) is 1. The molecule has 0 bridgehead atoms. The highest BCUT2D eigenvalue weighted by molar-refractivity contribution is 9.10. The van der Waals surface area contributed by atoms with Crippen molar-refractivity contribution in [2.45, 2.75) is 13.0 Å². The molecule has 2 aromatic rings. The van der Waals surface area contributed by atoms with Gasteiger partial charge in [0.15, 0.2) is 11.5 Å². The van der Waals surface area contributed by atoms with Crippen LogP contribution in [0.5, 0.6) is 11.5 Å². The van der Waals surface area contributed by atoms with Crippen LogP contribution in [-0.2, 0) is 0 Å². The van der Waals surface area contributed by atoms with Crippen molar-refractivity contribution in [1.82, 2.24) is 5.32 Å². The second-order valence-electron chi connectivity index (χ2n) is 4.84. The van der Waals surface area contributed by atoms with Crippen LogP contribution < -0.4 is 14.8 Å². The average Bonchev–Trinajstić information content (AvgIpc) is 2.49. The minimum absolute atomic E-state index is 0.109. The molecule has 4 heteroatoms. The van der Waals surface area contributed by atoms with Gasteiger partial charge in [0.1, 0.15) is 0 Å². The zero-order valence-electron chi connectivity index (χ0n) is 12.7. The van der Waals surface area contributed by atoms with E-state index in [1.165, 1.54) is 11.1 Å². The summed E-state index contributed by atoms with van der Waals surface area (Å²) in [7, 11) is 5.26. The van der Waals surface area contributed by atoms with Crippen LogP contribution in [0, 0.1) is 6.92 Å². The summed E-state index contributed by atoms with van der Waals surface area (Å²) in [5.41, 5.74) is 3.62. The number of aryl methyl sites for hydroxylation is 1. The van der Waals surface area contributed by atoms with E-state index in [0.717, 1.165) is 21.5 Å². The van der Waals surface area contributed by atoms with Gasteiger partial charge in [-0.05, 0) is 54.9 Å². The summed E-state index contributed by atoms with van der Waals surface area (Å²) < 4.78 is 11.8. The van der Waals surface area contributed by atoms with Crippen molar-refractivity contribution in [3.8, 4) is 11.5 Å². The Morgan fingerprint density at radius 1 is 1.00 bits per heavy atom. The predicted molar refractivity (Wildman–Crippen MR) is 89.3 cm³/mol. The number of ether oxygens (including phenoxy) is 2. The van der Waals surface area contributed by atoms with E-state index in [-0.39, 0.29) is 6.04 Å². The summed E-state index contributed by atoms with van der Waals surface area (Å²) in [6, 6.07) is 12.4. The molecule has 21 heavy (non-hydrogen) atoms. The van der Waals surface area contributed by atoms with Crippen LogP contribution in [0.15, 0.2) is 40.9 Å². The Balaban J connectivity index is 2.46. The fourth-order valence-electron chi connectivity index (χ4n) is 2.50. The first-order valence-electron chi connectivity index (χ1n) is 6.76. The summed E-state index contributed by atoms with van der Waals surface area (Å²) in [4.78, 5) is 0. The highest BCUT2D eigenvalue weighted by Crippen LogP contribution is 2.33. The van der Waals surface area contributed by atoms with Crippen molar-refractivity contribution in [2.75, 3.05) is 21.3 Å². The zero-order chi connectivity index (χ0) is 15.4. The number of hydrogen-bond acceptors (Lipinski definition) is 3. The first kappa shape index (κ1) is 15.9. The molecule has 0 heterocycles. The highest BCUT2D eigenvalue weighted by atomic mass is 79.9. The predicted octanol–water partition coefficient (Wildman–Crippen LogP) is 4.08. The molecule has 0 aliphatic carbocycles. The van der Waals surface area contributed by atoms with Crippen molar-refractivity contribution >= 4 is 15.9 Å². The third-order valence-corrected chi connectivity index (χ3v) is 4.07. The molecule has 0 fully saturated rings. The third kappa shape index (κ3) is 3.39. The third-order valence-electron chi connectivity index (χ3n) is 3.57. The van der Waals surface area contributed by atoms with E-state index in [9.17, 15) is 0 Å². The second-order valence-corrected chi connectivity index (χ2v) is 5.75. The smallest absolute Gasteiger partial charge is 0.161 e. The summed E-state index contributed by atoms with van der Waals surface area (Å²) in [5, 5.41) is 3.37. The molecule has 2 aromatic carbocycles. The van der Waals surface area contributed by atoms with Crippen molar-refractivity contribution in [3.05, 3.63) is 57.6 Å². The first-order chi connectivity index (χ1) is 10.1. The molecule has 0 aromatic heterocycles. The number of rotatable bonds is 5. The van der Waals surface area contributed by atoms with Crippen LogP contribution in [-0.4, -0.2) is 21.3 Å². The van der Waals surface area contributed by atoms with Gasteiger partial charge in [0.05, 0.1) is 20.3 Å². The quantitative estimate of drug-likeness (QED) is 0.881. The molecule has 0 aliphatic rings. The number of halogens is 1. The Morgan fingerprint density at radius 3 is 2.29 bits per heavy atom. The summed E-state index contributed by atoms with van der Waals surface area (Å²) >= 11 is 3.51. The molecule has 0 amide bonds. The second kappa shape index (κ2) is 6.96. The van der Waals surface area contributed by atoms with Crippen LogP contribution >= 0.6 is 15.9 Å². The lowest BCUT2D eigenvalue weighted by atomic mass is 9.95. The van der Waals surface area contributed by atoms with Crippen molar-refractivity contribution in [1.29, 1.82) is 0 Å². The molecule has 0 saturated heterocycles. The fourth-order valence-corrected chi connectivity index (χ4v) is 2.97. The molecule has 0 saturated carbocycles. The average molecular weight is 350 g/mol. The molecular formula is C17H20BrNO2. The van der Waals surface area contributed by atoms with E-state index in [2.05, 4.69) is 52.4 Å². The van der Waals surface area contributed by atoms with E-state index in [4.69, 9.17) is 9.47 Å². The Hall–Kier alpha value is -1.52. The van der Waals surface area contributed by atoms with Crippen LogP contribution in [0.2, 0.25) is 0 Å². The van der Waals surface area contributed by atoms with Gasteiger partial charge in [0.2, 0.25) is 0 Å². The molecular weight excluding hydrogens is 330 g/mol. The SMILES string of the molecule is CNC(c1ccc(OC)c(OC)c1)c1ccc(Br)cc1C. The van der Waals surface area contributed by atoms with Crippen LogP contribution in [0.1, 0.15) is 22.7 Å². The van der Waals surface area contributed by atoms with Gasteiger partial charge in [-0.15, -0.1) is 0 Å². The number of methoxy groups -OCH3 is 2. The van der Waals surface area contributed by atoms with Gasteiger partial charge in [0, 0.05) is 4.47 Å². The van der Waals surface area contributed by atoms with Gasteiger partial charge >= 0.3 is 0 Å². The Labute approximate surface area is 134 Å². The molecule has 3 nitrogen and oxygen atoms in total. The van der Waals surface area contributed by atoms with E-state index < -0.39 is 0 Å². The minimum Gasteiger partial charge on any atom is -0.493 e. The molecule has 0 spiro atoms. The molecule has 1 N–H and O–H groups in total. The topological polar surface area (TPSA) is 30.5 Å². The molecule has 0 aliphatic heterocycles. The largest absolute Gasteiger partial charge is 0.493 e. The van der Waals surface area contributed by atoms with Gasteiger partial charge < -0.3 is 14.8 Å². The van der Waals surface area contributed by atoms with Crippen LogP contribution in [0.4, 0.5) is 0 Å². The van der Waals surface area contributed by atoms with Gasteiger partial charge in [-0.25, -0.2) is 0 Å². The van der Waals surface area contributed by atoms with Gasteiger partial charge in [-0.3, -0.25) is 0 Å². The lowest BCUT2D eigenvalue weighted by Gasteiger charge is -2.21. The molecule has 1 atom stereocenters. The number of benzene rings is 2. The minimum atomic E-state index is 0.109. The Bertz CT molecular complexity index is 628. The van der Waals surface area contributed by atoms with Crippen LogP contribution in [0.3, 0.4) is 0 Å². The van der Waals surface area contributed by atoms with E-state index in [1.807, 2.05) is 19.2 Å². The van der Waals surface area contributed by atoms with Gasteiger partial charge in [-0.2, -0.15) is 0 Å². The summed E-state index contributed by atoms with van der Waals surface area (Å²) in [5.74, 6) is 1.48. The van der Waals surface area contributed by atoms with Crippen molar-refractivity contribution in [2.24, 2.45) is 0 Å². The Kier molecular flexibility index (Phi) is 5.26. The molecule has 112 valence electrons. The first-order valence-corrected chi connectivity index (χ1v) is 7.55. The zero-order valence-corrected chi connectivity index (χ0v) is 14.3. The summed E-state index contributed by atoms with van der Waals surface area (Å²) in [6.45, 7) is 2.12. The van der Waals surface area contributed by atoms with Gasteiger partial charge in [-0.1, -0.05) is 28.1 Å². The maximum atomic E-state index is 5.40. The van der Waals surface area contributed by atoms with E-state index in [0.29, 0.717) is 0 Å². The van der Waals surface area contributed by atoms with Crippen LogP contribution in [0.25, 0.3) is 0 Å². The lowest BCUT2D eigenvalue weighted by Crippen LogP contribution is -2.18. The van der Waals surface area contributed by atoms with E-state index in [1.54, 1.807) is 14.2 Å². The van der Waals surface area contributed by atoms with Crippen molar-refractivity contribution < 1.29 is 9.47 Å². The number of nitrogens with one attached hydrogen (secondary N) is 1. The van der Waals surface area contributed by atoms with Gasteiger partial charge in [0.25, 0.3) is 0 Å². The van der Waals surface area contributed by atoms with E-state index >= 15 is 0 Å². The maximum absolute atomic E-state index is 5.40. The molecule has 1 unspecified atom stereocenters. The standard InChI is InChI=1S/C17H20BrNO2/c1-11-9-13(18)6-7-14(11)17(19-2)12-5-8-15(20-3)16(10-12)21-4/h5-10,17,19H,1-4H3. The molecule has 2 rings (SSSR count). The normalized spacial score (nSPS) is 12.0. The Morgan fingerprint density at radius 2 is 1.71 bits per heavy atom.